The Morgan fingerprint density at radius 3 is 2.28 bits per heavy atom. The Bertz CT molecular complexity index is 893. The van der Waals surface area contributed by atoms with Crippen LogP contribution in [0.4, 0.5) is 8.78 Å². The van der Waals surface area contributed by atoms with Gasteiger partial charge in [-0.25, -0.2) is 22.8 Å². The van der Waals surface area contributed by atoms with Crippen molar-refractivity contribution in [1.29, 1.82) is 0 Å². The lowest BCUT2D eigenvalue weighted by molar-refractivity contribution is 0.145. The summed E-state index contributed by atoms with van der Waals surface area (Å²) in [5, 5.41) is 9.34. The largest absolute Gasteiger partial charge is 0.497 e. The number of hydrogen-bond donors (Lipinski definition) is 1. The summed E-state index contributed by atoms with van der Waals surface area (Å²) in [6.45, 7) is 0. The van der Waals surface area contributed by atoms with Crippen molar-refractivity contribution < 1.29 is 17.7 Å². The van der Waals surface area contributed by atoms with Gasteiger partial charge in [0.15, 0.2) is 0 Å². The molecule has 25 heavy (non-hydrogen) atoms. The number of nitrogens with two attached hydrogens (primary N) is 1. The molecule has 1 unspecified atom stereocenters. The zero-order valence-corrected chi connectivity index (χ0v) is 14.0. The minimum absolute atomic E-state index is 0.322. The topological polar surface area (TPSA) is 70.1 Å². The van der Waals surface area contributed by atoms with Crippen LogP contribution in [-0.2, 0) is 11.0 Å². The van der Waals surface area contributed by atoms with Gasteiger partial charge in [-0.15, -0.1) is 0 Å². The highest BCUT2D eigenvalue weighted by atomic mass is 32.2. The molecule has 2 aromatic carbocycles. The summed E-state index contributed by atoms with van der Waals surface area (Å²) in [7, 11) is -0.0517. The number of halogens is 2. The maximum Gasteiger partial charge on any atom is 0.282 e. The molecular formula is C17H15F2N3O2S. The molecule has 0 fully saturated rings. The van der Waals surface area contributed by atoms with Gasteiger partial charge < -0.3 is 4.74 Å². The SMILES string of the molecule is COc1ccc(-c2cc(C(F)F)nn2-c2ccc(S(N)=O)cc2)cc1. The molecule has 0 aliphatic heterocycles. The molecule has 1 aromatic heterocycles. The fourth-order valence-electron chi connectivity index (χ4n) is 2.39. The summed E-state index contributed by atoms with van der Waals surface area (Å²) in [5.74, 6) is 0.665. The highest BCUT2D eigenvalue weighted by Crippen LogP contribution is 2.29. The second-order valence-corrected chi connectivity index (χ2v) is 6.25. The first kappa shape index (κ1) is 17.2. The van der Waals surface area contributed by atoms with E-state index in [0.717, 1.165) is 0 Å². The minimum Gasteiger partial charge on any atom is -0.497 e. The van der Waals surface area contributed by atoms with Crippen LogP contribution in [0, 0.1) is 0 Å². The van der Waals surface area contributed by atoms with Crippen LogP contribution < -0.4 is 9.88 Å². The van der Waals surface area contributed by atoms with Gasteiger partial charge in [-0.2, -0.15) is 5.10 Å². The Morgan fingerprint density at radius 1 is 1.12 bits per heavy atom. The van der Waals surface area contributed by atoms with Crippen molar-refractivity contribution in [3.63, 3.8) is 0 Å². The molecule has 0 spiro atoms. The molecule has 5 nitrogen and oxygen atoms in total. The Balaban J connectivity index is 2.09. The standard InChI is InChI=1S/C17H15F2N3O2S/c1-24-13-6-2-11(3-7-13)16-10-15(17(18)19)21-22(16)12-4-8-14(9-5-12)25(20)23/h2-10,17H,20H2,1H3. The molecule has 0 radical (unpaired) electrons. The Kier molecular flexibility index (Phi) is 4.91. The molecule has 8 heteroatoms. The van der Waals surface area contributed by atoms with Crippen molar-refractivity contribution in [2.75, 3.05) is 7.11 Å². The van der Waals surface area contributed by atoms with Crippen molar-refractivity contribution in [1.82, 2.24) is 9.78 Å². The average molecular weight is 363 g/mol. The van der Waals surface area contributed by atoms with E-state index in [1.165, 1.54) is 10.7 Å². The van der Waals surface area contributed by atoms with Gasteiger partial charge in [0.1, 0.15) is 22.4 Å². The van der Waals surface area contributed by atoms with Crippen LogP contribution in [0.15, 0.2) is 59.5 Å². The van der Waals surface area contributed by atoms with Crippen molar-refractivity contribution >= 4 is 11.0 Å². The molecule has 1 heterocycles. The average Bonchev–Trinajstić information content (AvgIpc) is 3.07. The predicted octanol–water partition coefficient (Wildman–Crippen LogP) is 3.47. The number of ether oxygens (including phenoxy) is 1. The van der Waals surface area contributed by atoms with Gasteiger partial charge in [0, 0.05) is 5.56 Å². The number of rotatable bonds is 5. The number of benzene rings is 2. The third-order valence-electron chi connectivity index (χ3n) is 3.65. The molecule has 0 bridgehead atoms. The zero-order valence-electron chi connectivity index (χ0n) is 13.2. The van der Waals surface area contributed by atoms with Crippen LogP contribution in [-0.4, -0.2) is 21.1 Å². The second kappa shape index (κ2) is 7.12. The van der Waals surface area contributed by atoms with Gasteiger partial charge in [-0.3, -0.25) is 0 Å². The van der Waals surface area contributed by atoms with Crippen molar-refractivity contribution in [2.45, 2.75) is 11.3 Å². The van der Waals surface area contributed by atoms with Crippen LogP contribution in [0.3, 0.4) is 0 Å². The molecule has 0 saturated heterocycles. The molecular weight excluding hydrogens is 348 g/mol. The summed E-state index contributed by atoms with van der Waals surface area (Å²) in [6.07, 6.45) is -2.69. The molecule has 130 valence electrons. The van der Waals surface area contributed by atoms with Crippen LogP contribution >= 0.6 is 0 Å². The fourth-order valence-corrected chi connectivity index (χ4v) is 2.80. The van der Waals surface area contributed by atoms with E-state index in [4.69, 9.17) is 9.88 Å². The normalized spacial score (nSPS) is 12.4. The first-order valence-electron chi connectivity index (χ1n) is 7.28. The maximum absolute atomic E-state index is 13.1. The molecule has 0 aliphatic carbocycles. The highest BCUT2D eigenvalue weighted by molar-refractivity contribution is 7.82. The van der Waals surface area contributed by atoms with Crippen LogP contribution in [0.2, 0.25) is 0 Å². The molecule has 0 amide bonds. The third kappa shape index (κ3) is 3.59. The lowest BCUT2D eigenvalue weighted by Crippen LogP contribution is -2.04. The summed E-state index contributed by atoms with van der Waals surface area (Å²) in [5.41, 5.74) is 1.47. The van der Waals surface area contributed by atoms with Crippen molar-refractivity contribution in [3.05, 3.63) is 60.3 Å². The second-order valence-electron chi connectivity index (χ2n) is 5.19. The Morgan fingerprint density at radius 2 is 1.76 bits per heavy atom. The van der Waals surface area contributed by atoms with Gasteiger partial charge in [0.05, 0.1) is 23.4 Å². The van der Waals surface area contributed by atoms with E-state index in [1.54, 1.807) is 55.6 Å². The summed E-state index contributed by atoms with van der Waals surface area (Å²) >= 11 is 0. The molecule has 0 saturated carbocycles. The monoisotopic (exact) mass is 363 g/mol. The van der Waals surface area contributed by atoms with Crippen molar-refractivity contribution in [2.24, 2.45) is 5.14 Å². The summed E-state index contributed by atoms with van der Waals surface area (Å²) < 4.78 is 44.1. The smallest absolute Gasteiger partial charge is 0.282 e. The molecule has 3 aromatic rings. The van der Waals surface area contributed by atoms with Gasteiger partial charge in [0.2, 0.25) is 0 Å². The maximum atomic E-state index is 13.1. The number of hydrogen-bond acceptors (Lipinski definition) is 3. The van der Waals surface area contributed by atoms with E-state index in [0.29, 0.717) is 27.6 Å². The van der Waals surface area contributed by atoms with Crippen LogP contribution in [0.1, 0.15) is 12.1 Å². The van der Waals surface area contributed by atoms with Gasteiger partial charge >= 0.3 is 0 Å². The quantitative estimate of drug-likeness (QED) is 0.755. The van der Waals surface area contributed by atoms with E-state index in [1.807, 2.05) is 0 Å². The number of alkyl halides is 2. The van der Waals surface area contributed by atoms with Crippen LogP contribution in [0.5, 0.6) is 5.75 Å². The molecule has 1 atom stereocenters. The predicted molar refractivity (Wildman–Crippen MR) is 91.1 cm³/mol. The molecule has 0 aliphatic rings. The molecule has 3 rings (SSSR count). The van der Waals surface area contributed by atoms with Gasteiger partial charge in [-0.05, 0) is 54.6 Å². The summed E-state index contributed by atoms with van der Waals surface area (Å²) in [4.78, 5) is 0.441. The van der Waals surface area contributed by atoms with E-state index in [2.05, 4.69) is 5.10 Å². The van der Waals surface area contributed by atoms with E-state index in [-0.39, 0.29) is 5.69 Å². The highest BCUT2D eigenvalue weighted by Gasteiger charge is 2.18. The van der Waals surface area contributed by atoms with Crippen molar-refractivity contribution in [3.8, 4) is 22.7 Å². The van der Waals surface area contributed by atoms with Gasteiger partial charge in [0.25, 0.3) is 6.43 Å². The number of nitrogens with zero attached hydrogens (tertiary/aromatic N) is 2. The Labute approximate surface area is 145 Å². The first-order chi connectivity index (χ1) is 12.0. The Hall–Kier alpha value is -2.58. The minimum atomic E-state index is -2.69. The van der Waals surface area contributed by atoms with Gasteiger partial charge in [-0.1, -0.05) is 0 Å². The van der Waals surface area contributed by atoms with Crippen LogP contribution in [0.25, 0.3) is 16.9 Å². The first-order valence-corrected chi connectivity index (χ1v) is 8.50. The zero-order chi connectivity index (χ0) is 18.0. The lowest BCUT2D eigenvalue weighted by Gasteiger charge is -2.09. The number of methoxy groups -OCH3 is 1. The third-order valence-corrected chi connectivity index (χ3v) is 4.39. The summed E-state index contributed by atoms with van der Waals surface area (Å²) in [6, 6.07) is 14.8. The fraction of sp³-hybridized carbons (Fsp3) is 0.118. The lowest BCUT2D eigenvalue weighted by atomic mass is 10.1. The number of aromatic nitrogens is 2. The van der Waals surface area contributed by atoms with E-state index >= 15 is 0 Å². The molecule has 2 N–H and O–H groups in total. The van der Waals surface area contributed by atoms with E-state index in [9.17, 15) is 13.0 Å². The van der Waals surface area contributed by atoms with E-state index < -0.39 is 17.4 Å².